The number of carboxylic acid groups (broad SMARTS) is 1. The van der Waals surface area contributed by atoms with Gasteiger partial charge in [-0.3, -0.25) is 4.90 Å². The molecule has 0 saturated carbocycles. The summed E-state index contributed by atoms with van der Waals surface area (Å²) in [6.45, 7) is 2.56. The minimum absolute atomic E-state index is 0. The van der Waals surface area contributed by atoms with Crippen LogP contribution >= 0.6 is 24.8 Å². The Balaban J connectivity index is 0.00000169. The lowest BCUT2D eigenvalue weighted by Gasteiger charge is -2.33. The molecule has 0 radical (unpaired) electrons. The molecule has 142 valence electrons. The molecule has 1 saturated heterocycles. The number of halogens is 3. The van der Waals surface area contributed by atoms with Crippen LogP contribution in [-0.2, 0) is 6.54 Å². The van der Waals surface area contributed by atoms with E-state index < -0.39 is 11.8 Å². The molecular weight excluding hydrogens is 378 g/mol. The van der Waals surface area contributed by atoms with E-state index in [1.54, 1.807) is 0 Å². The lowest BCUT2D eigenvalue weighted by Crippen LogP contribution is -2.33. The van der Waals surface area contributed by atoms with E-state index in [0.717, 1.165) is 32.5 Å². The lowest BCUT2D eigenvalue weighted by atomic mass is 9.86. The zero-order valence-corrected chi connectivity index (χ0v) is 15.9. The molecule has 1 fully saturated rings. The third-order valence-corrected chi connectivity index (χ3v) is 4.71. The number of carbonyl (C=O) groups is 1. The van der Waals surface area contributed by atoms with Crippen LogP contribution in [0, 0.1) is 5.82 Å². The third-order valence-electron chi connectivity index (χ3n) is 4.71. The molecule has 1 aliphatic rings. The molecule has 3 N–H and O–H groups in total. The number of rotatable bonds is 4. The topological polar surface area (TPSA) is 66.6 Å². The van der Waals surface area contributed by atoms with Crippen molar-refractivity contribution in [1.29, 1.82) is 0 Å². The number of benzene rings is 2. The second-order valence-corrected chi connectivity index (χ2v) is 6.26. The van der Waals surface area contributed by atoms with Crippen LogP contribution in [-0.4, -0.2) is 29.1 Å². The fourth-order valence-electron chi connectivity index (χ4n) is 3.43. The Labute approximate surface area is 165 Å². The number of nitrogens with zero attached hydrogens (tertiary/aromatic N) is 1. The zero-order chi connectivity index (χ0) is 17.1. The van der Waals surface area contributed by atoms with Crippen molar-refractivity contribution in [2.75, 3.05) is 18.8 Å². The Hall–Kier alpha value is -1.82. The zero-order valence-electron chi connectivity index (χ0n) is 14.2. The van der Waals surface area contributed by atoms with Gasteiger partial charge in [-0.25, -0.2) is 9.18 Å². The average molecular weight is 401 g/mol. The van der Waals surface area contributed by atoms with Gasteiger partial charge in [-0.1, -0.05) is 30.3 Å². The second kappa shape index (κ2) is 9.76. The predicted octanol–water partition coefficient (Wildman–Crippen LogP) is 4.33. The molecule has 4 nitrogen and oxygen atoms in total. The SMILES string of the molecule is Cl.Cl.Nc1c(C(=O)O)ccc(F)c1C1CCN(Cc2ccccc2)CC1. The summed E-state index contributed by atoms with van der Waals surface area (Å²) in [6.07, 6.45) is 1.55. The number of hydrogen-bond acceptors (Lipinski definition) is 3. The number of carboxylic acids is 1. The summed E-state index contributed by atoms with van der Waals surface area (Å²) in [6, 6.07) is 12.7. The maximum absolute atomic E-state index is 14.2. The van der Waals surface area contributed by atoms with E-state index in [-0.39, 0.29) is 42.0 Å². The number of piperidine rings is 1. The molecule has 1 heterocycles. The number of nitrogen functional groups attached to an aromatic ring is 1. The standard InChI is InChI=1S/C19H21FN2O2.2ClH/c20-16-7-6-15(19(23)24)18(21)17(16)14-8-10-22(11-9-14)12-13-4-2-1-3-5-13;;/h1-7,14H,8-12,21H2,(H,23,24);2*1H. The number of nitrogens with two attached hydrogens (primary N) is 1. The van der Waals surface area contributed by atoms with Gasteiger partial charge in [-0.2, -0.15) is 0 Å². The molecule has 26 heavy (non-hydrogen) atoms. The maximum Gasteiger partial charge on any atom is 0.337 e. The molecule has 0 unspecified atom stereocenters. The quantitative estimate of drug-likeness (QED) is 0.749. The first-order chi connectivity index (χ1) is 11.6. The fraction of sp³-hybridized carbons (Fsp3) is 0.316. The molecule has 0 aromatic heterocycles. The van der Waals surface area contributed by atoms with Crippen molar-refractivity contribution in [2.24, 2.45) is 0 Å². The summed E-state index contributed by atoms with van der Waals surface area (Å²) >= 11 is 0. The largest absolute Gasteiger partial charge is 0.478 e. The Bertz CT molecular complexity index is 736. The monoisotopic (exact) mass is 400 g/mol. The van der Waals surface area contributed by atoms with Crippen LogP contribution in [0.4, 0.5) is 10.1 Å². The Kier molecular flexibility index (Phi) is 8.34. The second-order valence-electron chi connectivity index (χ2n) is 6.26. The predicted molar refractivity (Wildman–Crippen MR) is 106 cm³/mol. The normalized spacial score (nSPS) is 15.0. The smallest absolute Gasteiger partial charge is 0.337 e. The summed E-state index contributed by atoms with van der Waals surface area (Å²) in [5.41, 5.74) is 7.63. The van der Waals surface area contributed by atoms with E-state index in [2.05, 4.69) is 17.0 Å². The van der Waals surface area contributed by atoms with Crippen LogP contribution < -0.4 is 5.73 Å². The fourth-order valence-corrected chi connectivity index (χ4v) is 3.43. The summed E-state index contributed by atoms with van der Waals surface area (Å²) in [5, 5.41) is 9.17. The van der Waals surface area contributed by atoms with E-state index >= 15 is 0 Å². The molecule has 2 aromatic rings. The van der Waals surface area contributed by atoms with E-state index in [9.17, 15) is 14.3 Å². The van der Waals surface area contributed by atoms with Crippen molar-refractivity contribution in [3.05, 3.63) is 65.0 Å². The molecule has 0 amide bonds. The van der Waals surface area contributed by atoms with Crippen LogP contribution in [0.5, 0.6) is 0 Å². The van der Waals surface area contributed by atoms with Crippen LogP contribution in [0.3, 0.4) is 0 Å². The summed E-state index contributed by atoms with van der Waals surface area (Å²) in [4.78, 5) is 13.5. The Morgan fingerprint density at radius 2 is 1.73 bits per heavy atom. The molecule has 3 rings (SSSR count). The maximum atomic E-state index is 14.2. The number of aromatic carboxylic acids is 1. The van der Waals surface area contributed by atoms with Gasteiger partial charge in [0.15, 0.2) is 0 Å². The summed E-state index contributed by atoms with van der Waals surface area (Å²) < 4.78 is 14.2. The van der Waals surface area contributed by atoms with Gasteiger partial charge in [0, 0.05) is 12.1 Å². The van der Waals surface area contributed by atoms with Gasteiger partial charge in [0.25, 0.3) is 0 Å². The van der Waals surface area contributed by atoms with Gasteiger partial charge in [0.1, 0.15) is 5.82 Å². The molecule has 7 heteroatoms. The van der Waals surface area contributed by atoms with Crippen LogP contribution in [0.15, 0.2) is 42.5 Å². The van der Waals surface area contributed by atoms with E-state index in [1.165, 1.54) is 17.7 Å². The average Bonchev–Trinajstić information content (AvgIpc) is 2.57. The van der Waals surface area contributed by atoms with Crippen LogP contribution in [0.25, 0.3) is 0 Å². The molecular formula is C19H23Cl2FN2O2. The van der Waals surface area contributed by atoms with Crippen LogP contribution in [0.2, 0.25) is 0 Å². The highest BCUT2D eigenvalue weighted by atomic mass is 35.5. The minimum Gasteiger partial charge on any atom is -0.478 e. The van der Waals surface area contributed by atoms with Crippen molar-refractivity contribution in [3.63, 3.8) is 0 Å². The highest BCUT2D eigenvalue weighted by Crippen LogP contribution is 2.35. The van der Waals surface area contributed by atoms with Gasteiger partial charge in [0.05, 0.1) is 11.3 Å². The summed E-state index contributed by atoms with van der Waals surface area (Å²) in [7, 11) is 0. The Morgan fingerprint density at radius 1 is 1.12 bits per heavy atom. The third kappa shape index (κ3) is 4.87. The lowest BCUT2D eigenvalue weighted by molar-refractivity contribution is 0.0698. The first kappa shape index (κ1) is 22.2. The van der Waals surface area contributed by atoms with Gasteiger partial charge >= 0.3 is 5.97 Å². The molecule has 0 aliphatic carbocycles. The minimum atomic E-state index is -1.12. The van der Waals surface area contributed by atoms with E-state index in [1.807, 2.05) is 18.2 Å². The Morgan fingerprint density at radius 3 is 2.31 bits per heavy atom. The number of likely N-dealkylation sites (tertiary alicyclic amines) is 1. The van der Waals surface area contributed by atoms with Crippen molar-refractivity contribution in [2.45, 2.75) is 25.3 Å². The molecule has 0 bridgehead atoms. The van der Waals surface area contributed by atoms with Gasteiger partial charge in [-0.05, 0) is 49.5 Å². The van der Waals surface area contributed by atoms with Crippen molar-refractivity contribution in [3.8, 4) is 0 Å². The van der Waals surface area contributed by atoms with Gasteiger partial charge in [0.2, 0.25) is 0 Å². The van der Waals surface area contributed by atoms with E-state index in [4.69, 9.17) is 5.73 Å². The summed E-state index contributed by atoms with van der Waals surface area (Å²) in [5.74, 6) is -1.55. The van der Waals surface area contributed by atoms with Crippen LogP contribution in [0.1, 0.15) is 40.2 Å². The van der Waals surface area contributed by atoms with Gasteiger partial charge < -0.3 is 10.8 Å². The van der Waals surface area contributed by atoms with Gasteiger partial charge in [-0.15, -0.1) is 24.8 Å². The highest BCUT2D eigenvalue weighted by Gasteiger charge is 2.26. The first-order valence-corrected chi connectivity index (χ1v) is 8.13. The van der Waals surface area contributed by atoms with Crippen molar-refractivity contribution >= 4 is 36.5 Å². The van der Waals surface area contributed by atoms with E-state index in [0.29, 0.717) is 5.56 Å². The number of hydrogen-bond donors (Lipinski definition) is 2. The van der Waals surface area contributed by atoms with Crippen molar-refractivity contribution < 1.29 is 14.3 Å². The molecule has 2 aromatic carbocycles. The van der Waals surface area contributed by atoms with Crippen molar-refractivity contribution in [1.82, 2.24) is 4.90 Å². The highest BCUT2D eigenvalue weighted by molar-refractivity contribution is 5.94. The first-order valence-electron chi connectivity index (χ1n) is 8.13. The molecule has 0 spiro atoms. The molecule has 0 atom stereocenters. The number of anilines is 1. The molecule has 1 aliphatic heterocycles.